The number of nitrogens with zero attached hydrogens (tertiary/aromatic N) is 1. The summed E-state index contributed by atoms with van der Waals surface area (Å²) in [6.45, 7) is 4.23. The van der Waals surface area contributed by atoms with Gasteiger partial charge in [0.05, 0.1) is 0 Å². The summed E-state index contributed by atoms with van der Waals surface area (Å²) in [5, 5.41) is 2.48. The van der Waals surface area contributed by atoms with Crippen LogP contribution >= 0.6 is 0 Å². The lowest BCUT2D eigenvalue weighted by molar-refractivity contribution is -0.137. The van der Waals surface area contributed by atoms with Crippen LogP contribution in [0.1, 0.15) is 19.4 Å². The van der Waals surface area contributed by atoms with Crippen LogP contribution in [0.25, 0.3) is 0 Å². The molecule has 1 aromatic heterocycles. The van der Waals surface area contributed by atoms with Crippen LogP contribution in [0.5, 0.6) is 0 Å². The molecule has 5 heteroatoms. The standard InChI is InChI=1S/C11H15N3O2/c1-11(2,7-14-10(16)9(12)15)8-4-3-5-13-6-8/h3-6H,7H2,1-2H3,(H2,12,15)(H,14,16). The number of pyridine rings is 1. The Morgan fingerprint density at radius 1 is 1.50 bits per heavy atom. The van der Waals surface area contributed by atoms with Crippen LogP contribution in [-0.2, 0) is 15.0 Å². The Bertz CT molecular complexity index is 387. The number of amides is 2. The smallest absolute Gasteiger partial charge is 0.309 e. The van der Waals surface area contributed by atoms with E-state index in [9.17, 15) is 9.59 Å². The Morgan fingerprint density at radius 3 is 2.69 bits per heavy atom. The van der Waals surface area contributed by atoms with Crippen molar-refractivity contribution in [2.45, 2.75) is 19.3 Å². The first-order valence-corrected chi connectivity index (χ1v) is 4.91. The molecule has 0 spiro atoms. The number of carbonyl (C=O) groups is 2. The molecule has 3 N–H and O–H groups in total. The normalized spacial score (nSPS) is 10.9. The van der Waals surface area contributed by atoms with Gasteiger partial charge in [-0.15, -0.1) is 0 Å². The molecular formula is C11H15N3O2. The fourth-order valence-electron chi connectivity index (χ4n) is 1.25. The van der Waals surface area contributed by atoms with Gasteiger partial charge in [0.25, 0.3) is 0 Å². The molecule has 1 heterocycles. The largest absolute Gasteiger partial charge is 0.361 e. The molecule has 1 rings (SSSR count). The van der Waals surface area contributed by atoms with Crippen molar-refractivity contribution in [3.63, 3.8) is 0 Å². The zero-order valence-corrected chi connectivity index (χ0v) is 9.36. The molecule has 0 aliphatic heterocycles. The van der Waals surface area contributed by atoms with Crippen molar-refractivity contribution in [2.75, 3.05) is 6.54 Å². The Morgan fingerprint density at radius 2 is 2.19 bits per heavy atom. The molecule has 0 radical (unpaired) electrons. The van der Waals surface area contributed by atoms with E-state index in [4.69, 9.17) is 5.73 Å². The molecule has 2 amide bonds. The second kappa shape index (κ2) is 4.74. The highest BCUT2D eigenvalue weighted by atomic mass is 16.2. The number of rotatable bonds is 3. The van der Waals surface area contributed by atoms with Crippen molar-refractivity contribution < 1.29 is 9.59 Å². The first-order chi connectivity index (χ1) is 7.43. The van der Waals surface area contributed by atoms with Crippen LogP contribution in [0.15, 0.2) is 24.5 Å². The molecule has 0 saturated heterocycles. The molecule has 0 aromatic carbocycles. The van der Waals surface area contributed by atoms with E-state index < -0.39 is 11.8 Å². The Balaban J connectivity index is 2.66. The van der Waals surface area contributed by atoms with Crippen molar-refractivity contribution in [1.82, 2.24) is 10.3 Å². The minimum Gasteiger partial charge on any atom is -0.361 e. The van der Waals surface area contributed by atoms with Gasteiger partial charge in [-0.3, -0.25) is 14.6 Å². The fourth-order valence-corrected chi connectivity index (χ4v) is 1.25. The highest BCUT2D eigenvalue weighted by molar-refractivity contribution is 6.34. The summed E-state index contributed by atoms with van der Waals surface area (Å²) in [5.41, 5.74) is 5.53. The summed E-state index contributed by atoms with van der Waals surface area (Å²) in [6.07, 6.45) is 3.41. The summed E-state index contributed by atoms with van der Waals surface area (Å²) in [7, 11) is 0. The predicted molar refractivity (Wildman–Crippen MR) is 59.5 cm³/mol. The molecule has 0 atom stereocenters. The quantitative estimate of drug-likeness (QED) is 0.702. The summed E-state index contributed by atoms with van der Waals surface area (Å²) < 4.78 is 0. The zero-order valence-electron chi connectivity index (χ0n) is 9.36. The van der Waals surface area contributed by atoms with E-state index in [2.05, 4.69) is 10.3 Å². The van der Waals surface area contributed by atoms with Gasteiger partial charge in [-0.1, -0.05) is 19.9 Å². The third-order valence-electron chi connectivity index (χ3n) is 2.36. The summed E-state index contributed by atoms with van der Waals surface area (Å²) in [4.78, 5) is 25.6. The summed E-state index contributed by atoms with van der Waals surface area (Å²) in [5.74, 6) is -1.74. The minimum atomic E-state index is -0.970. The van der Waals surface area contributed by atoms with Crippen molar-refractivity contribution in [1.29, 1.82) is 0 Å². The lowest BCUT2D eigenvalue weighted by Gasteiger charge is -2.24. The fraction of sp³-hybridized carbons (Fsp3) is 0.364. The first-order valence-electron chi connectivity index (χ1n) is 4.91. The molecule has 0 bridgehead atoms. The van der Waals surface area contributed by atoms with E-state index in [0.717, 1.165) is 5.56 Å². The van der Waals surface area contributed by atoms with Gasteiger partial charge in [0, 0.05) is 24.4 Å². The van der Waals surface area contributed by atoms with E-state index in [1.54, 1.807) is 12.4 Å². The second-order valence-corrected chi connectivity index (χ2v) is 4.17. The lowest BCUT2D eigenvalue weighted by atomic mass is 9.86. The van der Waals surface area contributed by atoms with Crippen molar-refractivity contribution in [2.24, 2.45) is 5.73 Å². The van der Waals surface area contributed by atoms with E-state index in [1.807, 2.05) is 26.0 Å². The number of aromatic nitrogens is 1. The number of nitrogens with one attached hydrogen (secondary N) is 1. The number of nitrogens with two attached hydrogens (primary N) is 1. The van der Waals surface area contributed by atoms with Gasteiger partial charge in [0.2, 0.25) is 0 Å². The highest BCUT2D eigenvalue weighted by Gasteiger charge is 2.22. The van der Waals surface area contributed by atoms with Crippen molar-refractivity contribution >= 4 is 11.8 Å². The van der Waals surface area contributed by atoms with E-state index >= 15 is 0 Å². The predicted octanol–water partition coefficient (Wildman–Crippen LogP) is -0.0393. The van der Waals surface area contributed by atoms with Crippen LogP contribution in [0.3, 0.4) is 0 Å². The average Bonchev–Trinajstić information content (AvgIpc) is 2.27. The van der Waals surface area contributed by atoms with Gasteiger partial charge >= 0.3 is 11.8 Å². The number of hydrogen-bond acceptors (Lipinski definition) is 3. The molecule has 0 aliphatic carbocycles. The molecule has 86 valence electrons. The maximum Gasteiger partial charge on any atom is 0.309 e. The summed E-state index contributed by atoms with van der Waals surface area (Å²) >= 11 is 0. The van der Waals surface area contributed by atoms with Gasteiger partial charge in [0.1, 0.15) is 0 Å². The molecule has 0 unspecified atom stereocenters. The maximum atomic E-state index is 11.0. The molecule has 0 aliphatic rings. The van der Waals surface area contributed by atoms with E-state index in [-0.39, 0.29) is 5.41 Å². The SMILES string of the molecule is CC(C)(CNC(=O)C(N)=O)c1cccnc1. The Hall–Kier alpha value is -1.91. The first kappa shape index (κ1) is 12.2. The van der Waals surface area contributed by atoms with E-state index in [1.165, 1.54) is 0 Å². The van der Waals surface area contributed by atoms with Crippen molar-refractivity contribution in [3.8, 4) is 0 Å². The zero-order chi connectivity index (χ0) is 12.2. The van der Waals surface area contributed by atoms with Gasteiger partial charge in [-0.25, -0.2) is 0 Å². The van der Waals surface area contributed by atoms with Gasteiger partial charge in [0.15, 0.2) is 0 Å². The third-order valence-corrected chi connectivity index (χ3v) is 2.36. The minimum absolute atomic E-state index is 0.292. The van der Waals surface area contributed by atoms with E-state index in [0.29, 0.717) is 6.54 Å². The third kappa shape index (κ3) is 3.05. The summed E-state index contributed by atoms with van der Waals surface area (Å²) in [6, 6.07) is 3.75. The molecule has 1 aromatic rings. The van der Waals surface area contributed by atoms with Gasteiger partial charge < -0.3 is 11.1 Å². The van der Waals surface area contributed by atoms with Gasteiger partial charge in [-0.2, -0.15) is 0 Å². The van der Waals surface area contributed by atoms with Crippen LogP contribution < -0.4 is 11.1 Å². The molecule has 5 nitrogen and oxygen atoms in total. The van der Waals surface area contributed by atoms with Crippen molar-refractivity contribution in [3.05, 3.63) is 30.1 Å². The Labute approximate surface area is 94.1 Å². The molecule has 0 saturated carbocycles. The second-order valence-electron chi connectivity index (χ2n) is 4.17. The van der Waals surface area contributed by atoms with Crippen LogP contribution in [-0.4, -0.2) is 23.3 Å². The number of carbonyl (C=O) groups excluding carboxylic acids is 2. The lowest BCUT2D eigenvalue weighted by Crippen LogP contribution is -2.42. The number of hydrogen-bond donors (Lipinski definition) is 2. The average molecular weight is 221 g/mol. The van der Waals surface area contributed by atoms with Crippen LogP contribution in [0.4, 0.5) is 0 Å². The van der Waals surface area contributed by atoms with Crippen LogP contribution in [0.2, 0.25) is 0 Å². The highest BCUT2D eigenvalue weighted by Crippen LogP contribution is 2.20. The van der Waals surface area contributed by atoms with Gasteiger partial charge in [-0.05, 0) is 11.6 Å². The maximum absolute atomic E-state index is 11.0. The van der Waals surface area contributed by atoms with Crippen LogP contribution in [0, 0.1) is 0 Å². The molecular weight excluding hydrogens is 206 g/mol. The molecule has 0 fully saturated rings. The Kier molecular flexibility index (Phi) is 3.60. The number of primary amides is 1. The molecule has 16 heavy (non-hydrogen) atoms. The topological polar surface area (TPSA) is 85.1 Å². The monoisotopic (exact) mass is 221 g/mol.